The van der Waals surface area contributed by atoms with Gasteiger partial charge in [0.2, 0.25) is 6.79 Å². The van der Waals surface area contributed by atoms with Crippen molar-refractivity contribution in [3.8, 4) is 17.6 Å². The number of rotatable bonds is 3. The molecule has 2 aromatic carbocycles. The Morgan fingerprint density at radius 2 is 2.07 bits per heavy atom. The van der Waals surface area contributed by atoms with E-state index in [0.29, 0.717) is 23.6 Å². The Hall–Kier alpha value is -3.37. The fourth-order valence-corrected chi connectivity index (χ4v) is 4.84. The van der Waals surface area contributed by atoms with Crippen molar-refractivity contribution in [1.29, 1.82) is 5.26 Å². The van der Waals surface area contributed by atoms with Gasteiger partial charge in [-0.3, -0.25) is 9.69 Å². The van der Waals surface area contributed by atoms with Crippen LogP contribution in [-0.4, -0.2) is 36.1 Å². The molecular formula is C22H18N2O5. The summed E-state index contributed by atoms with van der Waals surface area (Å²) >= 11 is 0. The lowest BCUT2D eigenvalue weighted by molar-refractivity contribution is -0.151. The Kier molecular flexibility index (Phi) is 3.86. The Morgan fingerprint density at radius 3 is 2.86 bits per heavy atom. The minimum Gasteiger partial charge on any atom is -0.467 e. The number of hydrogen-bond acceptors (Lipinski definition) is 7. The van der Waals surface area contributed by atoms with Crippen LogP contribution in [0.15, 0.2) is 42.5 Å². The molecule has 3 aliphatic rings. The first-order valence-electron chi connectivity index (χ1n) is 9.37. The topological polar surface area (TPSA) is 88.9 Å². The molecule has 0 unspecified atom stereocenters. The van der Waals surface area contributed by atoms with Gasteiger partial charge in [0.15, 0.2) is 22.8 Å². The largest absolute Gasteiger partial charge is 0.467 e. The second-order valence-electron chi connectivity index (χ2n) is 7.47. The molecule has 3 heterocycles. The van der Waals surface area contributed by atoms with E-state index in [0.717, 1.165) is 11.1 Å². The highest BCUT2D eigenvalue weighted by atomic mass is 16.7. The molecule has 0 N–H and O–H groups in total. The number of hydrogen-bond donors (Lipinski definition) is 0. The van der Waals surface area contributed by atoms with E-state index in [2.05, 4.69) is 6.07 Å². The van der Waals surface area contributed by atoms with Crippen molar-refractivity contribution in [1.82, 2.24) is 4.90 Å². The predicted molar refractivity (Wildman–Crippen MR) is 100 cm³/mol. The monoisotopic (exact) mass is 390 g/mol. The standard InChI is InChI=1S/C22H18N2O5/c1-27-21(26)22-9-14(10-23)19(15-4-2-3-5-16(15)20(22)25)24(22)11-13-6-7-17-18(8-13)29-12-28-17/h2-8,14,19H,9,11-12H2,1H3/t14-,19+,22-/m0/s1. The molecule has 5 rings (SSSR count). The van der Waals surface area contributed by atoms with Gasteiger partial charge in [-0.25, -0.2) is 4.79 Å². The third-order valence-corrected chi connectivity index (χ3v) is 6.10. The molecule has 0 aliphatic carbocycles. The Bertz CT molecular complexity index is 1080. The third-order valence-electron chi connectivity index (χ3n) is 6.10. The van der Waals surface area contributed by atoms with Crippen molar-refractivity contribution < 1.29 is 23.8 Å². The summed E-state index contributed by atoms with van der Waals surface area (Å²) in [4.78, 5) is 28.4. The summed E-state index contributed by atoms with van der Waals surface area (Å²) in [6, 6.07) is 14.7. The van der Waals surface area contributed by atoms with Crippen LogP contribution in [0, 0.1) is 17.2 Å². The molecule has 1 fully saturated rings. The van der Waals surface area contributed by atoms with Crippen molar-refractivity contribution in [3.05, 3.63) is 59.2 Å². The molecule has 0 radical (unpaired) electrons. The number of methoxy groups -OCH3 is 1. The van der Waals surface area contributed by atoms with E-state index in [4.69, 9.17) is 14.2 Å². The van der Waals surface area contributed by atoms with Crippen LogP contribution in [0.2, 0.25) is 0 Å². The number of esters is 1. The van der Waals surface area contributed by atoms with Crippen molar-refractivity contribution in [3.63, 3.8) is 0 Å². The molecule has 0 aromatic heterocycles. The first-order valence-corrected chi connectivity index (χ1v) is 9.37. The van der Waals surface area contributed by atoms with Gasteiger partial charge in [-0.15, -0.1) is 0 Å². The van der Waals surface area contributed by atoms with Crippen LogP contribution in [0.5, 0.6) is 11.5 Å². The van der Waals surface area contributed by atoms with E-state index < -0.39 is 17.4 Å². The van der Waals surface area contributed by atoms with Crippen LogP contribution < -0.4 is 9.47 Å². The molecule has 3 atom stereocenters. The van der Waals surface area contributed by atoms with E-state index in [1.807, 2.05) is 35.2 Å². The number of benzene rings is 2. The first-order chi connectivity index (χ1) is 14.1. The van der Waals surface area contributed by atoms with Gasteiger partial charge in [0.25, 0.3) is 0 Å². The van der Waals surface area contributed by atoms with Crippen molar-refractivity contribution in [2.24, 2.45) is 5.92 Å². The molecule has 7 heteroatoms. The second kappa shape index (κ2) is 6.33. The van der Waals surface area contributed by atoms with Gasteiger partial charge in [0, 0.05) is 18.5 Å². The quantitative estimate of drug-likeness (QED) is 0.588. The Balaban J connectivity index is 1.65. The molecular weight excluding hydrogens is 372 g/mol. The van der Waals surface area contributed by atoms with Crippen molar-refractivity contribution in [2.75, 3.05) is 13.9 Å². The number of nitrogens with zero attached hydrogens (tertiary/aromatic N) is 2. The van der Waals surface area contributed by atoms with Gasteiger partial charge in [-0.2, -0.15) is 5.26 Å². The van der Waals surface area contributed by atoms with Crippen LogP contribution in [0.25, 0.3) is 0 Å². The highest BCUT2D eigenvalue weighted by Gasteiger charge is 2.65. The smallest absolute Gasteiger partial charge is 0.334 e. The molecule has 0 amide bonds. The van der Waals surface area contributed by atoms with Gasteiger partial charge < -0.3 is 14.2 Å². The van der Waals surface area contributed by atoms with Crippen molar-refractivity contribution in [2.45, 2.75) is 24.5 Å². The van der Waals surface area contributed by atoms with E-state index in [1.165, 1.54) is 7.11 Å². The van der Waals surface area contributed by atoms with Gasteiger partial charge in [-0.05, 0) is 23.3 Å². The highest BCUT2D eigenvalue weighted by Crippen LogP contribution is 2.54. The fourth-order valence-electron chi connectivity index (χ4n) is 4.84. The van der Waals surface area contributed by atoms with Gasteiger partial charge in [-0.1, -0.05) is 30.3 Å². The average molecular weight is 390 g/mol. The molecule has 2 bridgehead atoms. The lowest BCUT2D eigenvalue weighted by Gasteiger charge is -2.42. The highest BCUT2D eigenvalue weighted by molar-refractivity contribution is 6.18. The molecule has 3 aliphatic heterocycles. The molecule has 2 aromatic rings. The minimum atomic E-state index is -1.51. The zero-order valence-corrected chi connectivity index (χ0v) is 15.8. The molecule has 0 saturated carbocycles. The Morgan fingerprint density at radius 1 is 1.28 bits per heavy atom. The molecule has 146 valence electrons. The zero-order chi connectivity index (χ0) is 20.2. The van der Waals surface area contributed by atoms with Crippen LogP contribution >= 0.6 is 0 Å². The summed E-state index contributed by atoms with van der Waals surface area (Å²) < 4.78 is 15.9. The summed E-state index contributed by atoms with van der Waals surface area (Å²) in [5.74, 6) is -0.150. The van der Waals surface area contributed by atoms with E-state index in [-0.39, 0.29) is 25.0 Å². The number of Topliss-reactive ketones (excluding diaryl/α,β-unsaturated/α-hetero) is 1. The lowest BCUT2D eigenvalue weighted by Crippen LogP contribution is -2.59. The van der Waals surface area contributed by atoms with Gasteiger partial charge in [0.05, 0.1) is 25.1 Å². The average Bonchev–Trinajstić information content (AvgIpc) is 3.32. The number of fused-ring (bicyclic) bond motifs is 5. The van der Waals surface area contributed by atoms with Gasteiger partial charge >= 0.3 is 5.97 Å². The number of ketones is 1. The maximum absolute atomic E-state index is 13.5. The summed E-state index contributed by atoms with van der Waals surface area (Å²) in [5.41, 5.74) is 0.618. The van der Waals surface area contributed by atoms with E-state index >= 15 is 0 Å². The zero-order valence-electron chi connectivity index (χ0n) is 15.8. The summed E-state index contributed by atoms with van der Waals surface area (Å²) in [6.45, 7) is 0.467. The minimum absolute atomic E-state index is 0.110. The molecule has 29 heavy (non-hydrogen) atoms. The third kappa shape index (κ3) is 2.33. The normalized spacial score (nSPS) is 26.7. The summed E-state index contributed by atoms with van der Waals surface area (Å²) in [7, 11) is 1.28. The number of ether oxygens (including phenoxy) is 3. The van der Waals surface area contributed by atoms with E-state index in [9.17, 15) is 14.9 Å². The SMILES string of the molecule is COC(=O)[C@]12C[C@@H](C#N)[C@H](c3ccccc3C1=O)N2Cc1ccc2c(c1)OCO2. The summed E-state index contributed by atoms with van der Waals surface area (Å²) in [6.07, 6.45) is 0.110. The number of carbonyl (C=O) groups is 2. The number of carbonyl (C=O) groups excluding carboxylic acids is 2. The maximum atomic E-state index is 13.5. The molecule has 7 nitrogen and oxygen atoms in total. The first kappa shape index (κ1) is 17.7. The Labute approximate surface area is 167 Å². The van der Waals surface area contributed by atoms with Gasteiger partial charge in [0.1, 0.15) is 0 Å². The summed E-state index contributed by atoms with van der Waals surface area (Å²) in [5, 5.41) is 9.83. The van der Waals surface area contributed by atoms with Crippen LogP contribution in [-0.2, 0) is 16.1 Å². The maximum Gasteiger partial charge on any atom is 0.334 e. The fraction of sp³-hybridized carbons (Fsp3) is 0.318. The lowest BCUT2D eigenvalue weighted by atomic mass is 9.82. The van der Waals surface area contributed by atoms with Crippen LogP contribution in [0.4, 0.5) is 0 Å². The van der Waals surface area contributed by atoms with E-state index in [1.54, 1.807) is 12.1 Å². The van der Waals surface area contributed by atoms with Crippen LogP contribution in [0.1, 0.15) is 33.9 Å². The van der Waals surface area contributed by atoms with Crippen molar-refractivity contribution >= 4 is 11.8 Å². The number of nitriles is 1. The second-order valence-corrected chi connectivity index (χ2v) is 7.47. The van der Waals surface area contributed by atoms with Crippen LogP contribution in [0.3, 0.4) is 0 Å². The molecule has 0 spiro atoms. The molecule has 1 saturated heterocycles. The predicted octanol–water partition coefficient (Wildman–Crippen LogP) is 2.61.